The number of rotatable bonds is 4. The Morgan fingerprint density at radius 3 is 2.08 bits per heavy atom. The van der Waals surface area contributed by atoms with Crippen LogP contribution in [0.4, 0.5) is 0 Å². The average Bonchev–Trinajstić information content (AvgIpc) is 2.83. The van der Waals surface area contributed by atoms with Crippen LogP contribution in [0.5, 0.6) is 0 Å². The van der Waals surface area contributed by atoms with Gasteiger partial charge in [0.1, 0.15) is 4.75 Å². The summed E-state index contributed by atoms with van der Waals surface area (Å²) in [5.74, 6) is -0.322. The van der Waals surface area contributed by atoms with Crippen LogP contribution >= 0.6 is 15.9 Å². The third kappa shape index (κ3) is 3.85. The van der Waals surface area contributed by atoms with Crippen LogP contribution < -0.4 is 0 Å². The summed E-state index contributed by atoms with van der Waals surface area (Å²) in [5, 5.41) is 0. The largest absolute Gasteiger partial charge is 0.341 e. The lowest BCUT2D eigenvalue weighted by Crippen LogP contribution is -2.51. The van der Waals surface area contributed by atoms with Gasteiger partial charge in [-0.1, -0.05) is 41.6 Å². The topological polar surface area (TPSA) is 54.5 Å². The number of halogens is 1. The van der Waals surface area contributed by atoms with Crippen molar-refractivity contribution < 1.29 is 13.2 Å². The highest BCUT2D eigenvalue weighted by Gasteiger charge is 2.45. The predicted molar refractivity (Wildman–Crippen MR) is 99.7 cm³/mol. The van der Waals surface area contributed by atoms with E-state index in [4.69, 9.17) is 0 Å². The Morgan fingerprint density at radius 1 is 1.08 bits per heavy atom. The second-order valence-corrected chi connectivity index (χ2v) is 10.4. The van der Waals surface area contributed by atoms with Crippen LogP contribution in [0.2, 0.25) is 0 Å². The van der Waals surface area contributed by atoms with Crippen molar-refractivity contribution in [1.82, 2.24) is 4.90 Å². The number of nitrogens with zero attached hydrogens (tertiary/aromatic N) is 1. The van der Waals surface area contributed by atoms with E-state index in [1.807, 2.05) is 0 Å². The highest BCUT2D eigenvalue weighted by molar-refractivity contribution is 9.10. The van der Waals surface area contributed by atoms with E-state index in [0.717, 1.165) is 30.2 Å². The normalized spacial score (nSPS) is 17.3. The fourth-order valence-corrected chi connectivity index (χ4v) is 4.98. The molecule has 1 saturated carbocycles. The SMILES string of the molecule is CN(C(=O)C(C)(C)S(=O)(=O)c1ccc(Br)cc1)C1CCCCCC1. The van der Waals surface area contributed by atoms with Crippen molar-refractivity contribution in [3.8, 4) is 0 Å². The second kappa shape index (κ2) is 7.56. The molecule has 1 amide bonds. The molecule has 0 atom stereocenters. The number of benzene rings is 1. The molecule has 0 heterocycles. The molecule has 1 fully saturated rings. The third-order valence-corrected chi connectivity index (χ3v) is 7.94. The number of carbonyl (C=O) groups is 1. The first kappa shape index (κ1) is 19.4. The van der Waals surface area contributed by atoms with Gasteiger partial charge in [0.2, 0.25) is 5.91 Å². The Labute approximate surface area is 153 Å². The summed E-state index contributed by atoms with van der Waals surface area (Å²) in [6.07, 6.45) is 6.50. The van der Waals surface area contributed by atoms with Crippen LogP contribution in [0.3, 0.4) is 0 Å². The molecule has 24 heavy (non-hydrogen) atoms. The Hall–Kier alpha value is -0.880. The van der Waals surface area contributed by atoms with E-state index < -0.39 is 14.6 Å². The highest BCUT2D eigenvalue weighted by atomic mass is 79.9. The molecular formula is C18H26BrNO3S. The molecule has 134 valence electrons. The molecule has 1 aromatic carbocycles. The van der Waals surface area contributed by atoms with Crippen molar-refractivity contribution in [2.45, 2.75) is 68.1 Å². The highest BCUT2D eigenvalue weighted by Crippen LogP contribution is 2.30. The molecule has 0 bridgehead atoms. The lowest BCUT2D eigenvalue weighted by Gasteiger charge is -2.34. The van der Waals surface area contributed by atoms with Crippen molar-refractivity contribution in [2.75, 3.05) is 7.05 Å². The molecule has 1 aromatic rings. The maximum atomic E-state index is 13.0. The van der Waals surface area contributed by atoms with Crippen molar-refractivity contribution in [3.05, 3.63) is 28.7 Å². The maximum Gasteiger partial charge on any atom is 0.243 e. The first-order valence-electron chi connectivity index (χ1n) is 8.45. The monoisotopic (exact) mass is 415 g/mol. The van der Waals surface area contributed by atoms with Gasteiger partial charge in [0, 0.05) is 17.6 Å². The van der Waals surface area contributed by atoms with Gasteiger partial charge in [-0.3, -0.25) is 4.79 Å². The number of hydrogen-bond acceptors (Lipinski definition) is 3. The van der Waals surface area contributed by atoms with Crippen LogP contribution in [0.25, 0.3) is 0 Å². The zero-order valence-corrected chi connectivity index (χ0v) is 17.0. The summed E-state index contributed by atoms with van der Waals surface area (Å²) in [7, 11) is -2.01. The molecule has 1 aliphatic rings. The Bertz CT molecular complexity index is 675. The van der Waals surface area contributed by atoms with Gasteiger partial charge in [-0.05, 0) is 51.0 Å². The lowest BCUT2D eigenvalue weighted by molar-refractivity contribution is -0.134. The standard InChI is InChI=1S/C18H26BrNO3S/c1-18(2,24(22,23)16-12-10-14(19)11-13-16)17(21)20(3)15-8-6-4-5-7-9-15/h10-13,15H,4-9H2,1-3H3. The van der Waals surface area contributed by atoms with Crippen LogP contribution in [0.15, 0.2) is 33.6 Å². The summed E-state index contributed by atoms with van der Waals surface area (Å²) in [5.41, 5.74) is 0. The van der Waals surface area contributed by atoms with Gasteiger partial charge in [-0.2, -0.15) is 0 Å². The number of hydrogen-bond donors (Lipinski definition) is 0. The molecule has 2 rings (SSSR count). The van der Waals surface area contributed by atoms with Gasteiger partial charge >= 0.3 is 0 Å². The minimum Gasteiger partial charge on any atom is -0.341 e. The smallest absolute Gasteiger partial charge is 0.243 e. The quantitative estimate of drug-likeness (QED) is 0.692. The van der Waals surface area contributed by atoms with Gasteiger partial charge in [0.15, 0.2) is 9.84 Å². The predicted octanol–water partition coefficient (Wildman–Crippen LogP) is 4.18. The molecule has 0 unspecified atom stereocenters. The summed E-state index contributed by atoms with van der Waals surface area (Å²) in [4.78, 5) is 14.8. The molecular weight excluding hydrogens is 390 g/mol. The van der Waals surface area contributed by atoms with E-state index in [-0.39, 0.29) is 16.8 Å². The first-order valence-corrected chi connectivity index (χ1v) is 10.7. The van der Waals surface area contributed by atoms with Crippen LogP contribution in [0, 0.1) is 0 Å². The van der Waals surface area contributed by atoms with Gasteiger partial charge in [0.05, 0.1) is 4.90 Å². The van der Waals surface area contributed by atoms with Crippen molar-refractivity contribution in [2.24, 2.45) is 0 Å². The van der Waals surface area contributed by atoms with E-state index in [1.54, 1.807) is 36.2 Å². The van der Waals surface area contributed by atoms with Crippen LogP contribution in [-0.2, 0) is 14.6 Å². The molecule has 0 N–H and O–H groups in total. The number of sulfone groups is 1. The average molecular weight is 416 g/mol. The third-order valence-electron chi connectivity index (χ3n) is 5.00. The summed E-state index contributed by atoms with van der Waals surface area (Å²) in [6.45, 7) is 3.03. The Kier molecular flexibility index (Phi) is 6.13. The molecule has 0 radical (unpaired) electrons. The van der Waals surface area contributed by atoms with Crippen molar-refractivity contribution in [1.29, 1.82) is 0 Å². The molecule has 0 saturated heterocycles. The number of amides is 1. The van der Waals surface area contributed by atoms with Gasteiger partial charge in [-0.15, -0.1) is 0 Å². The maximum absolute atomic E-state index is 13.0. The van der Waals surface area contributed by atoms with E-state index >= 15 is 0 Å². The van der Waals surface area contributed by atoms with Gasteiger partial charge in [-0.25, -0.2) is 8.42 Å². The zero-order chi connectivity index (χ0) is 18.0. The van der Waals surface area contributed by atoms with Crippen LogP contribution in [-0.4, -0.2) is 37.1 Å². The molecule has 0 aliphatic heterocycles. The molecule has 0 spiro atoms. The fourth-order valence-electron chi connectivity index (χ4n) is 3.26. The zero-order valence-electron chi connectivity index (χ0n) is 14.6. The summed E-state index contributed by atoms with van der Waals surface area (Å²) < 4.78 is 25.3. The molecule has 4 nitrogen and oxygen atoms in total. The molecule has 0 aromatic heterocycles. The van der Waals surface area contributed by atoms with Crippen molar-refractivity contribution >= 4 is 31.7 Å². The summed E-state index contributed by atoms with van der Waals surface area (Å²) in [6, 6.07) is 6.59. The van der Waals surface area contributed by atoms with Gasteiger partial charge < -0.3 is 4.90 Å². The van der Waals surface area contributed by atoms with Crippen LogP contribution in [0.1, 0.15) is 52.4 Å². The van der Waals surface area contributed by atoms with E-state index in [1.165, 1.54) is 26.7 Å². The molecule has 6 heteroatoms. The van der Waals surface area contributed by atoms with E-state index in [2.05, 4.69) is 15.9 Å². The Balaban J connectivity index is 2.26. The minimum absolute atomic E-state index is 0.138. The summed E-state index contributed by atoms with van der Waals surface area (Å²) >= 11 is 3.30. The van der Waals surface area contributed by atoms with Gasteiger partial charge in [0.25, 0.3) is 0 Å². The second-order valence-electron chi connectivity index (χ2n) is 7.03. The van der Waals surface area contributed by atoms with E-state index in [0.29, 0.717) is 0 Å². The van der Waals surface area contributed by atoms with Crippen molar-refractivity contribution in [3.63, 3.8) is 0 Å². The molecule has 1 aliphatic carbocycles. The number of carbonyl (C=O) groups excluding carboxylic acids is 1. The fraction of sp³-hybridized carbons (Fsp3) is 0.611. The Morgan fingerprint density at radius 2 is 1.58 bits per heavy atom. The minimum atomic E-state index is -3.76. The van der Waals surface area contributed by atoms with E-state index in [9.17, 15) is 13.2 Å². The first-order chi connectivity index (χ1) is 11.2. The lowest BCUT2D eigenvalue weighted by atomic mass is 10.1.